The molecule has 0 radical (unpaired) electrons. The second kappa shape index (κ2) is 11.1. The lowest BCUT2D eigenvalue weighted by atomic mass is 9.95. The van der Waals surface area contributed by atoms with E-state index in [4.69, 9.17) is 10.7 Å². The van der Waals surface area contributed by atoms with Gasteiger partial charge in [0.05, 0.1) is 6.20 Å². The highest BCUT2D eigenvalue weighted by molar-refractivity contribution is 6.06. The summed E-state index contributed by atoms with van der Waals surface area (Å²) in [6.45, 7) is 8.05. The Morgan fingerprint density at radius 3 is 2.75 bits per heavy atom. The summed E-state index contributed by atoms with van der Waals surface area (Å²) in [5.74, 6) is 0.599. The minimum Gasteiger partial charge on any atom is -0.398 e. The predicted molar refractivity (Wildman–Crippen MR) is 144 cm³/mol. The number of nitrogen functional groups attached to an aromatic ring is 1. The van der Waals surface area contributed by atoms with Crippen molar-refractivity contribution < 1.29 is 4.39 Å². The largest absolute Gasteiger partial charge is 0.398 e. The molecular formula is C27H35FN8. The van der Waals surface area contributed by atoms with Gasteiger partial charge in [0, 0.05) is 67.9 Å². The summed E-state index contributed by atoms with van der Waals surface area (Å²) in [7, 11) is 5.92. The van der Waals surface area contributed by atoms with Crippen molar-refractivity contribution in [3.05, 3.63) is 59.2 Å². The second-order valence-electron chi connectivity index (χ2n) is 9.71. The maximum absolute atomic E-state index is 14.8. The molecule has 0 fully saturated rings. The van der Waals surface area contributed by atoms with Crippen molar-refractivity contribution in [1.29, 1.82) is 0 Å². The van der Waals surface area contributed by atoms with Gasteiger partial charge in [-0.25, -0.2) is 19.3 Å². The third kappa shape index (κ3) is 5.85. The maximum Gasteiger partial charge on any atom is 0.229 e. The number of halogens is 1. The molecule has 0 aliphatic carbocycles. The van der Waals surface area contributed by atoms with Gasteiger partial charge >= 0.3 is 0 Å². The monoisotopic (exact) mass is 490 g/mol. The molecule has 1 aliphatic rings. The first-order valence-corrected chi connectivity index (χ1v) is 12.3. The number of nitrogens with one attached hydrogen (secondary N) is 1. The molecule has 0 unspecified atom stereocenters. The van der Waals surface area contributed by atoms with E-state index in [2.05, 4.69) is 64.1 Å². The fraction of sp³-hybridized carbons (Fsp3) is 0.407. The van der Waals surface area contributed by atoms with Gasteiger partial charge in [-0.3, -0.25) is 9.89 Å². The first-order valence-electron chi connectivity index (χ1n) is 12.3. The molecule has 8 nitrogen and oxygen atoms in total. The van der Waals surface area contributed by atoms with Gasteiger partial charge in [0.25, 0.3) is 0 Å². The minimum atomic E-state index is -0.507. The lowest BCUT2D eigenvalue weighted by Gasteiger charge is -2.29. The average molecular weight is 491 g/mol. The van der Waals surface area contributed by atoms with E-state index in [0.717, 1.165) is 49.6 Å². The molecule has 0 bridgehead atoms. The van der Waals surface area contributed by atoms with E-state index in [1.807, 2.05) is 12.1 Å². The molecular weight excluding hydrogens is 455 g/mol. The van der Waals surface area contributed by atoms with Crippen LogP contribution in [0.2, 0.25) is 0 Å². The SMILES string of the molecule is CN=C(c1cc(-c2nc(Nc3ccc4c(n3)CCN(CCN(C)C)C4)ncc2F)ccc1N)C(C)C. The second-order valence-corrected chi connectivity index (χ2v) is 9.71. The zero-order chi connectivity index (χ0) is 25.8. The number of benzene rings is 1. The highest BCUT2D eigenvalue weighted by Crippen LogP contribution is 2.28. The van der Waals surface area contributed by atoms with Crippen LogP contribution >= 0.6 is 0 Å². The van der Waals surface area contributed by atoms with Crippen molar-refractivity contribution >= 4 is 23.2 Å². The topological polar surface area (TPSA) is 95.6 Å². The Balaban J connectivity index is 1.55. The van der Waals surface area contributed by atoms with Crippen molar-refractivity contribution in [2.75, 3.05) is 51.8 Å². The number of pyridine rings is 1. The van der Waals surface area contributed by atoms with Gasteiger partial charge in [-0.05, 0) is 43.8 Å². The Labute approximate surface area is 212 Å². The molecule has 9 heteroatoms. The molecule has 4 rings (SSSR count). The summed E-state index contributed by atoms with van der Waals surface area (Å²) in [5.41, 5.74) is 11.6. The Bertz CT molecular complexity index is 1250. The van der Waals surface area contributed by atoms with Crippen molar-refractivity contribution in [3.63, 3.8) is 0 Å². The lowest BCUT2D eigenvalue weighted by Crippen LogP contribution is -2.36. The average Bonchev–Trinajstić information content (AvgIpc) is 2.85. The smallest absolute Gasteiger partial charge is 0.229 e. The van der Waals surface area contributed by atoms with E-state index in [9.17, 15) is 4.39 Å². The van der Waals surface area contributed by atoms with Crippen molar-refractivity contribution in [2.45, 2.75) is 26.8 Å². The summed E-state index contributed by atoms with van der Waals surface area (Å²) in [6.07, 6.45) is 2.07. The van der Waals surface area contributed by atoms with E-state index < -0.39 is 5.82 Å². The number of anilines is 3. The molecule has 3 aromatic rings. The molecule has 190 valence electrons. The van der Waals surface area contributed by atoms with Gasteiger partial charge in [0.2, 0.25) is 5.95 Å². The predicted octanol–water partition coefficient (Wildman–Crippen LogP) is 4.00. The number of hydrogen-bond acceptors (Lipinski definition) is 8. The first kappa shape index (κ1) is 25.7. The van der Waals surface area contributed by atoms with Crippen LogP contribution in [0, 0.1) is 11.7 Å². The number of aliphatic imine (C=N–C) groups is 1. The van der Waals surface area contributed by atoms with Crippen LogP contribution in [0.4, 0.5) is 21.8 Å². The van der Waals surface area contributed by atoms with Gasteiger partial charge in [-0.1, -0.05) is 26.0 Å². The van der Waals surface area contributed by atoms with Crippen LogP contribution in [0.15, 0.2) is 41.5 Å². The van der Waals surface area contributed by atoms with E-state index >= 15 is 0 Å². The highest BCUT2D eigenvalue weighted by Gasteiger charge is 2.19. The molecule has 0 spiro atoms. The van der Waals surface area contributed by atoms with Gasteiger partial charge in [0.1, 0.15) is 11.5 Å². The molecule has 0 atom stereocenters. The summed E-state index contributed by atoms with van der Waals surface area (Å²) < 4.78 is 14.8. The van der Waals surface area contributed by atoms with E-state index in [0.29, 0.717) is 17.1 Å². The van der Waals surface area contributed by atoms with Gasteiger partial charge < -0.3 is 16.0 Å². The summed E-state index contributed by atoms with van der Waals surface area (Å²) >= 11 is 0. The highest BCUT2D eigenvalue weighted by atomic mass is 19.1. The maximum atomic E-state index is 14.8. The molecule has 0 saturated heterocycles. The summed E-state index contributed by atoms with van der Waals surface area (Å²) in [4.78, 5) is 22.4. The zero-order valence-electron chi connectivity index (χ0n) is 21.7. The van der Waals surface area contributed by atoms with E-state index in [-0.39, 0.29) is 17.6 Å². The Hall–Kier alpha value is -3.43. The Morgan fingerprint density at radius 1 is 1.22 bits per heavy atom. The molecule has 0 saturated carbocycles. The van der Waals surface area contributed by atoms with Crippen LogP contribution in [0.25, 0.3) is 11.3 Å². The molecule has 1 aromatic carbocycles. The van der Waals surface area contributed by atoms with E-state index in [1.165, 1.54) is 11.8 Å². The number of likely N-dealkylation sites (N-methyl/N-ethyl adjacent to an activating group) is 1. The van der Waals surface area contributed by atoms with Crippen LogP contribution in [0.5, 0.6) is 0 Å². The normalized spacial score (nSPS) is 14.4. The number of nitrogens with zero attached hydrogens (tertiary/aromatic N) is 6. The molecule has 1 aliphatic heterocycles. The van der Waals surface area contributed by atoms with Crippen LogP contribution in [0.1, 0.15) is 30.7 Å². The minimum absolute atomic E-state index is 0.176. The third-order valence-electron chi connectivity index (χ3n) is 6.37. The van der Waals surface area contributed by atoms with Crippen LogP contribution < -0.4 is 11.1 Å². The van der Waals surface area contributed by atoms with Crippen molar-refractivity contribution in [3.8, 4) is 11.3 Å². The third-order valence-corrected chi connectivity index (χ3v) is 6.37. The lowest BCUT2D eigenvalue weighted by molar-refractivity contribution is 0.224. The number of fused-ring (bicyclic) bond motifs is 1. The van der Waals surface area contributed by atoms with Crippen molar-refractivity contribution in [2.24, 2.45) is 10.9 Å². The van der Waals surface area contributed by atoms with Crippen LogP contribution in [-0.4, -0.2) is 71.2 Å². The number of aromatic nitrogens is 3. The molecule has 3 heterocycles. The molecule has 36 heavy (non-hydrogen) atoms. The summed E-state index contributed by atoms with van der Waals surface area (Å²) in [5, 5.41) is 3.15. The van der Waals surface area contributed by atoms with E-state index in [1.54, 1.807) is 19.2 Å². The first-order chi connectivity index (χ1) is 17.2. The number of nitrogens with two attached hydrogens (primary N) is 1. The van der Waals surface area contributed by atoms with Crippen molar-refractivity contribution in [1.82, 2.24) is 24.8 Å². The van der Waals surface area contributed by atoms with Gasteiger partial charge in [-0.15, -0.1) is 0 Å². The molecule has 2 aromatic heterocycles. The Morgan fingerprint density at radius 2 is 2.03 bits per heavy atom. The quantitative estimate of drug-likeness (QED) is 0.364. The number of hydrogen-bond donors (Lipinski definition) is 2. The fourth-order valence-corrected chi connectivity index (χ4v) is 4.44. The van der Waals surface area contributed by atoms with Gasteiger partial charge in [0.15, 0.2) is 5.82 Å². The molecule has 0 amide bonds. The standard InChI is InChI=1S/C27H35FN8/c1-17(2)25(30-3)20-14-18(6-8-22(20)29)26-21(28)15-31-27(34-26)33-24-9-7-19-16-36(13-12-35(4)5)11-10-23(19)32-24/h6-9,14-15,17H,10-13,16,29H2,1-5H3,(H,31,32,33,34). The fourth-order valence-electron chi connectivity index (χ4n) is 4.44. The van der Waals surface area contributed by atoms with Crippen LogP contribution in [0.3, 0.4) is 0 Å². The summed E-state index contributed by atoms with van der Waals surface area (Å²) in [6, 6.07) is 9.39. The Kier molecular flexibility index (Phi) is 7.91. The van der Waals surface area contributed by atoms with Gasteiger partial charge in [-0.2, -0.15) is 0 Å². The molecule has 3 N–H and O–H groups in total. The number of rotatable bonds is 8. The zero-order valence-corrected chi connectivity index (χ0v) is 21.7. The van der Waals surface area contributed by atoms with Crippen LogP contribution in [-0.2, 0) is 13.0 Å².